The molecule has 0 radical (unpaired) electrons. The van der Waals surface area contributed by atoms with Crippen LogP contribution in [0, 0.1) is 0 Å². The van der Waals surface area contributed by atoms with Crippen LogP contribution in [0.5, 0.6) is 23.0 Å². The fourth-order valence-electron chi connectivity index (χ4n) is 6.26. The Morgan fingerprint density at radius 2 is 1.77 bits per heavy atom. The summed E-state index contributed by atoms with van der Waals surface area (Å²) in [6, 6.07) is 25.3. The Bertz CT molecular complexity index is 2380. The van der Waals surface area contributed by atoms with Gasteiger partial charge in [-0.2, -0.15) is 0 Å². The lowest BCUT2D eigenvalue weighted by molar-refractivity contribution is -0.138. The molecule has 7 rings (SSSR count). The van der Waals surface area contributed by atoms with Crippen LogP contribution in [0.2, 0.25) is 5.02 Å². The summed E-state index contributed by atoms with van der Waals surface area (Å²) in [4.78, 5) is 33.8. The second-order valence-electron chi connectivity index (χ2n) is 11.9. The van der Waals surface area contributed by atoms with E-state index in [4.69, 9.17) is 40.3 Å². The molecule has 2 aliphatic heterocycles. The Kier molecular flexibility index (Phi) is 10.3. The molecule has 0 fully saturated rings. The standard InChI is InChI=1S/C41H35ClN2O7S/c1-4-12-28-19-25(20-33(47-5-2)38(28)49-23-29-15-10-11-16-30(29)42)21-34-39(45)44-37(27-17-18-31-32(22-27)51-24-50-31)35(40(46)48-6-3)36(43-41(44)52-34)26-13-8-7-9-14-26/h4,7-11,13-22,37H,1,5-6,12,23-24H2,2-3H3/b34-21+/t37-/m0/s1. The van der Waals surface area contributed by atoms with Gasteiger partial charge in [-0.1, -0.05) is 83.6 Å². The monoisotopic (exact) mass is 734 g/mol. The highest BCUT2D eigenvalue weighted by molar-refractivity contribution is 7.07. The lowest BCUT2D eigenvalue weighted by Crippen LogP contribution is -2.40. The molecule has 264 valence electrons. The number of halogens is 1. The summed E-state index contributed by atoms with van der Waals surface area (Å²) in [5.41, 5.74) is 4.13. The van der Waals surface area contributed by atoms with Gasteiger partial charge in [-0.05, 0) is 67.8 Å². The zero-order valence-electron chi connectivity index (χ0n) is 28.6. The quantitative estimate of drug-likeness (QED) is 0.100. The van der Waals surface area contributed by atoms with Crippen LogP contribution in [-0.2, 0) is 22.6 Å². The number of carbonyl (C=O) groups excluding carboxylic acids is 1. The molecule has 5 aromatic rings. The molecule has 1 atom stereocenters. The van der Waals surface area contributed by atoms with Crippen molar-refractivity contribution < 1.29 is 28.5 Å². The number of benzene rings is 4. The van der Waals surface area contributed by atoms with E-state index in [1.165, 1.54) is 11.3 Å². The third kappa shape index (κ3) is 6.87. The maximum Gasteiger partial charge on any atom is 0.338 e. The number of hydrogen-bond donors (Lipinski definition) is 0. The van der Waals surface area contributed by atoms with E-state index in [1.807, 2.05) is 85.8 Å². The molecular weight excluding hydrogens is 700 g/mol. The van der Waals surface area contributed by atoms with Gasteiger partial charge in [-0.15, -0.1) is 6.58 Å². The molecule has 0 bridgehead atoms. The molecule has 3 heterocycles. The van der Waals surface area contributed by atoms with Crippen LogP contribution in [0.3, 0.4) is 0 Å². The summed E-state index contributed by atoms with van der Waals surface area (Å²) >= 11 is 7.65. The van der Waals surface area contributed by atoms with Crippen LogP contribution in [0.1, 0.15) is 47.7 Å². The van der Waals surface area contributed by atoms with Crippen molar-refractivity contribution in [1.29, 1.82) is 0 Å². The highest BCUT2D eigenvalue weighted by Gasteiger charge is 2.36. The van der Waals surface area contributed by atoms with Gasteiger partial charge >= 0.3 is 5.97 Å². The lowest BCUT2D eigenvalue weighted by Gasteiger charge is -2.26. The minimum atomic E-state index is -0.863. The summed E-state index contributed by atoms with van der Waals surface area (Å²) in [6.45, 7) is 8.47. The van der Waals surface area contributed by atoms with Crippen LogP contribution in [0.15, 0.2) is 113 Å². The number of hydrogen-bond acceptors (Lipinski definition) is 9. The Hall–Kier alpha value is -5.58. The average Bonchev–Trinajstić information content (AvgIpc) is 3.75. The fraction of sp³-hybridized carbons (Fsp3) is 0.195. The number of ether oxygens (including phenoxy) is 5. The predicted octanol–water partition coefficient (Wildman–Crippen LogP) is 7.02. The molecule has 0 aliphatic carbocycles. The summed E-state index contributed by atoms with van der Waals surface area (Å²) in [5, 5.41) is 0.610. The molecule has 52 heavy (non-hydrogen) atoms. The minimum absolute atomic E-state index is 0.0821. The molecule has 0 amide bonds. The number of thiazole rings is 1. The zero-order chi connectivity index (χ0) is 36.2. The molecule has 9 nitrogen and oxygen atoms in total. The number of esters is 1. The predicted molar refractivity (Wildman–Crippen MR) is 201 cm³/mol. The normalized spacial score (nSPS) is 14.8. The van der Waals surface area contributed by atoms with Crippen molar-refractivity contribution in [3.8, 4) is 23.0 Å². The summed E-state index contributed by atoms with van der Waals surface area (Å²) in [5.74, 6) is 1.65. The van der Waals surface area contributed by atoms with E-state index in [9.17, 15) is 9.59 Å². The molecule has 0 saturated heterocycles. The average molecular weight is 735 g/mol. The van der Waals surface area contributed by atoms with E-state index in [0.717, 1.165) is 22.3 Å². The van der Waals surface area contributed by atoms with Crippen LogP contribution >= 0.6 is 22.9 Å². The largest absolute Gasteiger partial charge is 0.490 e. The SMILES string of the molecule is C=CCc1cc(/C=c2/sc3n(c2=O)[C@@H](c2ccc4c(c2)OCO4)C(C(=O)OCC)=C(c2ccccc2)N=3)cc(OCC)c1OCc1ccccc1Cl. The third-order valence-electron chi connectivity index (χ3n) is 8.53. The van der Waals surface area contributed by atoms with Gasteiger partial charge < -0.3 is 23.7 Å². The maximum atomic E-state index is 14.6. The van der Waals surface area contributed by atoms with E-state index in [2.05, 4.69) is 6.58 Å². The van der Waals surface area contributed by atoms with Gasteiger partial charge in [-0.3, -0.25) is 9.36 Å². The summed E-state index contributed by atoms with van der Waals surface area (Å²) < 4.78 is 31.2. The lowest BCUT2D eigenvalue weighted by atomic mass is 9.93. The molecule has 0 N–H and O–H groups in total. The Morgan fingerprint density at radius 3 is 2.54 bits per heavy atom. The Morgan fingerprint density at radius 1 is 0.981 bits per heavy atom. The minimum Gasteiger partial charge on any atom is -0.490 e. The number of carbonyl (C=O) groups is 1. The Labute approximate surface area is 309 Å². The first-order chi connectivity index (χ1) is 25.4. The number of allylic oxidation sites excluding steroid dienone is 1. The number of rotatable bonds is 12. The van der Waals surface area contributed by atoms with E-state index >= 15 is 0 Å². The molecule has 2 aliphatic rings. The molecule has 4 aromatic carbocycles. The van der Waals surface area contributed by atoms with Crippen molar-refractivity contribution in [3.63, 3.8) is 0 Å². The van der Waals surface area contributed by atoms with Crippen molar-refractivity contribution in [1.82, 2.24) is 4.57 Å². The number of aromatic nitrogens is 1. The van der Waals surface area contributed by atoms with Crippen molar-refractivity contribution >= 4 is 40.7 Å². The topological polar surface area (TPSA) is 97.6 Å². The van der Waals surface area contributed by atoms with Crippen molar-refractivity contribution in [2.45, 2.75) is 32.9 Å². The summed E-state index contributed by atoms with van der Waals surface area (Å²) in [6.07, 6.45) is 4.09. The van der Waals surface area contributed by atoms with Gasteiger partial charge in [-0.25, -0.2) is 9.79 Å². The molecular formula is C41H35ClN2O7S. The van der Waals surface area contributed by atoms with Crippen molar-refractivity contribution in [2.24, 2.45) is 4.99 Å². The van der Waals surface area contributed by atoms with E-state index in [-0.39, 0.29) is 31.1 Å². The van der Waals surface area contributed by atoms with Gasteiger partial charge in [0.15, 0.2) is 27.8 Å². The highest BCUT2D eigenvalue weighted by Crippen LogP contribution is 2.40. The first-order valence-corrected chi connectivity index (χ1v) is 18.0. The third-order valence-corrected chi connectivity index (χ3v) is 9.88. The van der Waals surface area contributed by atoms with Gasteiger partial charge in [0, 0.05) is 21.7 Å². The smallest absolute Gasteiger partial charge is 0.338 e. The fourth-order valence-corrected chi connectivity index (χ4v) is 7.45. The van der Waals surface area contributed by atoms with E-state index < -0.39 is 12.0 Å². The molecule has 0 spiro atoms. The van der Waals surface area contributed by atoms with Crippen LogP contribution in [-0.4, -0.2) is 30.5 Å². The second kappa shape index (κ2) is 15.3. The zero-order valence-corrected chi connectivity index (χ0v) is 30.2. The van der Waals surface area contributed by atoms with Gasteiger partial charge in [0.2, 0.25) is 6.79 Å². The molecule has 0 unspecified atom stereocenters. The van der Waals surface area contributed by atoms with Crippen LogP contribution in [0.25, 0.3) is 11.8 Å². The van der Waals surface area contributed by atoms with Gasteiger partial charge in [0.25, 0.3) is 5.56 Å². The van der Waals surface area contributed by atoms with Crippen molar-refractivity contribution in [3.05, 3.63) is 156 Å². The first kappa shape index (κ1) is 34.9. The Balaban J connectivity index is 1.40. The number of nitrogens with zero attached hydrogens (tertiary/aromatic N) is 2. The van der Waals surface area contributed by atoms with E-state index in [0.29, 0.717) is 61.6 Å². The highest BCUT2D eigenvalue weighted by atomic mass is 35.5. The van der Waals surface area contributed by atoms with Crippen LogP contribution in [0.4, 0.5) is 0 Å². The maximum absolute atomic E-state index is 14.6. The molecule has 11 heteroatoms. The second-order valence-corrected chi connectivity index (χ2v) is 13.3. The number of fused-ring (bicyclic) bond motifs is 2. The van der Waals surface area contributed by atoms with Crippen LogP contribution < -0.4 is 33.8 Å². The summed E-state index contributed by atoms with van der Waals surface area (Å²) in [7, 11) is 0. The van der Waals surface area contributed by atoms with Crippen molar-refractivity contribution in [2.75, 3.05) is 20.0 Å². The van der Waals surface area contributed by atoms with Gasteiger partial charge in [0.1, 0.15) is 6.61 Å². The first-order valence-electron chi connectivity index (χ1n) is 16.8. The molecule has 1 aromatic heterocycles. The molecule has 0 saturated carbocycles. The van der Waals surface area contributed by atoms with E-state index in [1.54, 1.807) is 29.7 Å². The van der Waals surface area contributed by atoms with Gasteiger partial charge in [0.05, 0.1) is 35.1 Å².